The van der Waals surface area contributed by atoms with Crippen molar-refractivity contribution >= 4 is 22.6 Å². The minimum absolute atomic E-state index is 0.372. The molecule has 0 bridgehead atoms. The van der Waals surface area contributed by atoms with Crippen molar-refractivity contribution in [3.63, 3.8) is 0 Å². The zero-order valence-corrected chi connectivity index (χ0v) is 18.7. The van der Waals surface area contributed by atoms with E-state index in [1.807, 2.05) is 54.6 Å². The van der Waals surface area contributed by atoms with Crippen LogP contribution in [0.3, 0.4) is 0 Å². The van der Waals surface area contributed by atoms with Crippen LogP contribution in [0.15, 0.2) is 66.7 Å². The fraction of sp³-hybridized carbons (Fsp3) is 0.269. The molecule has 1 heterocycles. The molecule has 3 aromatic carbocycles. The number of imidazole rings is 1. The lowest BCUT2D eigenvalue weighted by Crippen LogP contribution is -2.09. The molecule has 0 atom stereocenters. The van der Waals surface area contributed by atoms with Gasteiger partial charge < -0.3 is 14.0 Å². The van der Waals surface area contributed by atoms with Crippen molar-refractivity contribution < 1.29 is 9.47 Å². The number of fused-ring (bicyclic) bond motifs is 1. The summed E-state index contributed by atoms with van der Waals surface area (Å²) in [5.41, 5.74) is 4.57. The molecule has 0 unspecified atom stereocenters. The zero-order chi connectivity index (χ0) is 21.6. The van der Waals surface area contributed by atoms with E-state index in [1.165, 1.54) is 11.1 Å². The third-order valence-electron chi connectivity index (χ3n) is 5.52. The number of halogens is 1. The average molecular weight is 435 g/mol. The molecule has 1 aromatic heterocycles. The number of ether oxygens (including phenoxy) is 2. The predicted molar refractivity (Wildman–Crippen MR) is 126 cm³/mol. The first-order valence-corrected chi connectivity index (χ1v) is 11.0. The second kappa shape index (κ2) is 9.88. The third-order valence-corrected chi connectivity index (χ3v) is 5.83. The molecule has 0 fully saturated rings. The molecule has 0 saturated carbocycles. The molecule has 4 rings (SSSR count). The first-order valence-electron chi connectivity index (χ1n) is 10.6. The Morgan fingerprint density at radius 1 is 0.839 bits per heavy atom. The second-order valence-corrected chi connectivity index (χ2v) is 8.05. The van der Waals surface area contributed by atoms with Crippen LogP contribution in [0.4, 0.5) is 0 Å². The third kappa shape index (κ3) is 5.02. The number of benzene rings is 3. The van der Waals surface area contributed by atoms with Crippen LogP contribution in [0.1, 0.15) is 29.8 Å². The number of rotatable bonds is 9. The molecule has 31 heavy (non-hydrogen) atoms. The van der Waals surface area contributed by atoms with Crippen LogP contribution in [0.5, 0.6) is 11.5 Å². The molecule has 0 radical (unpaired) electrons. The summed E-state index contributed by atoms with van der Waals surface area (Å²) in [6.45, 7) is 6.14. The highest BCUT2D eigenvalue weighted by Crippen LogP contribution is 2.25. The Hall–Kier alpha value is -2.98. The first kappa shape index (κ1) is 21.3. The normalized spacial score (nSPS) is 11.1. The highest BCUT2D eigenvalue weighted by molar-refractivity contribution is 6.32. The molecule has 0 aliphatic carbocycles. The van der Waals surface area contributed by atoms with Crippen LogP contribution in [-0.2, 0) is 13.2 Å². The van der Waals surface area contributed by atoms with E-state index in [-0.39, 0.29) is 0 Å². The molecule has 0 amide bonds. The van der Waals surface area contributed by atoms with E-state index in [2.05, 4.69) is 30.5 Å². The van der Waals surface area contributed by atoms with Crippen LogP contribution < -0.4 is 9.47 Å². The quantitative estimate of drug-likeness (QED) is 0.273. The fourth-order valence-electron chi connectivity index (χ4n) is 3.62. The van der Waals surface area contributed by atoms with Gasteiger partial charge in [0.15, 0.2) is 0 Å². The van der Waals surface area contributed by atoms with Gasteiger partial charge in [0, 0.05) is 6.54 Å². The Labute approximate surface area is 188 Å². The molecule has 4 aromatic rings. The van der Waals surface area contributed by atoms with Gasteiger partial charge in [-0.05, 0) is 68.1 Å². The summed E-state index contributed by atoms with van der Waals surface area (Å²) in [4.78, 5) is 4.79. The summed E-state index contributed by atoms with van der Waals surface area (Å²) in [5, 5.41) is 0.605. The van der Waals surface area contributed by atoms with Gasteiger partial charge in [-0.25, -0.2) is 4.98 Å². The topological polar surface area (TPSA) is 36.3 Å². The molecule has 5 heteroatoms. The second-order valence-electron chi connectivity index (χ2n) is 7.64. The number of aryl methyl sites for hydroxylation is 2. The number of unbranched alkanes of at least 4 members (excludes halogenated alkanes) is 1. The van der Waals surface area contributed by atoms with E-state index < -0.39 is 0 Å². The van der Waals surface area contributed by atoms with E-state index in [1.54, 1.807) is 0 Å². The van der Waals surface area contributed by atoms with Gasteiger partial charge in [-0.3, -0.25) is 0 Å². The molecule has 0 aliphatic heterocycles. The molecule has 0 spiro atoms. The number of nitrogens with zero attached hydrogens (tertiary/aromatic N) is 2. The number of para-hydroxylation sites is 3. The minimum atomic E-state index is 0.372. The lowest BCUT2D eigenvalue weighted by molar-refractivity contribution is 0.285. The smallest absolute Gasteiger partial charge is 0.147 e. The summed E-state index contributed by atoms with van der Waals surface area (Å²) < 4.78 is 14.2. The molecule has 160 valence electrons. The van der Waals surface area contributed by atoms with Gasteiger partial charge in [0.25, 0.3) is 0 Å². The number of hydrogen-bond donors (Lipinski definition) is 0. The van der Waals surface area contributed by atoms with Crippen LogP contribution in [-0.4, -0.2) is 16.2 Å². The highest BCUT2D eigenvalue weighted by atomic mass is 35.5. The fourth-order valence-corrected chi connectivity index (χ4v) is 3.81. The molecular formula is C26H27ClN2O2. The summed E-state index contributed by atoms with van der Waals surface area (Å²) in [6.07, 6.45) is 1.95. The average Bonchev–Trinajstić information content (AvgIpc) is 3.13. The maximum Gasteiger partial charge on any atom is 0.147 e. The van der Waals surface area contributed by atoms with E-state index >= 15 is 0 Å². The van der Waals surface area contributed by atoms with Gasteiger partial charge >= 0.3 is 0 Å². The monoisotopic (exact) mass is 434 g/mol. The van der Waals surface area contributed by atoms with Gasteiger partial charge in [0.2, 0.25) is 0 Å². The standard InChI is InChI=1S/C26H27ClN2O2/c1-19-10-9-15-24(20(19)2)30-17-8-7-16-29-23-13-5-4-12-22(23)28-26(29)18-31-25-14-6-3-11-21(25)27/h3-6,9-15H,7-8,16-18H2,1-2H3. The summed E-state index contributed by atoms with van der Waals surface area (Å²) in [7, 11) is 0. The van der Waals surface area contributed by atoms with E-state index in [0.29, 0.717) is 24.0 Å². The van der Waals surface area contributed by atoms with Crippen LogP contribution >= 0.6 is 11.6 Å². The van der Waals surface area contributed by atoms with Crippen molar-refractivity contribution in [2.24, 2.45) is 0 Å². The number of hydrogen-bond acceptors (Lipinski definition) is 3. The Bertz CT molecular complexity index is 1170. The van der Waals surface area contributed by atoms with Gasteiger partial charge in [0.1, 0.15) is 23.9 Å². The number of aromatic nitrogens is 2. The minimum Gasteiger partial charge on any atom is -0.493 e. The van der Waals surface area contributed by atoms with Crippen molar-refractivity contribution in [1.29, 1.82) is 0 Å². The zero-order valence-electron chi connectivity index (χ0n) is 18.0. The Kier molecular flexibility index (Phi) is 6.78. The molecule has 0 saturated heterocycles. The van der Waals surface area contributed by atoms with Gasteiger partial charge in [-0.15, -0.1) is 0 Å². The lowest BCUT2D eigenvalue weighted by Gasteiger charge is -2.13. The molecular weight excluding hydrogens is 408 g/mol. The van der Waals surface area contributed by atoms with Crippen molar-refractivity contribution in [3.8, 4) is 11.5 Å². The predicted octanol–water partition coefficient (Wildman–Crippen LogP) is 6.74. The Morgan fingerprint density at radius 3 is 2.48 bits per heavy atom. The summed E-state index contributed by atoms with van der Waals surface area (Å²) in [6, 6.07) is 21.9. The Balaban J connectivity index is 1.40. The summed E-state index contributed by atoms with van der Waals surface area (Å²) >= 11 is 6.23. The molecule has 0 aliphatic rings. The van der Waals surface area contributed by atoms with Crippen molar-refractivity contribution in [3.05, 3.63) is 88.7 Å². The summed E-state index contributed by atoms with van der Waals surface area (Å²) in [5.74, 6) is 2.54. The Morgan fingerprint density at radius 2 is 1.61 bits per heavy atom. The maximum atomic E-state index is 6.23. The van der Waals surface area contributed by atoms with E-state index in [0.717, 1.165) is 42.0 Å². The van der Waals surface area contributed by atoms with Gasteiger partial charge in [0.05, 0.1) is 22.7 Å². The van der Waals surface area contributed by atoms with Crippen molar-refractivity contribution in [2.75, 3.05) is 6.61 Å². The molecule has 0 N–H and O–H groups in total. The van der Waals surface area contributed by atoms with Crippen LogP contribution in [0, 0.1) is 13.8 Å². The van der Waals surface area contributed by atoms with Crippen LogP contribution in [0.25, 0.3) is 11.0 Å². The van der Waals surface area contributed by atoms with E-state index in [4.69, 9.17) is 26.1 Å². The lowest BCUT2D eigenvalue weighted by atomic mass is 10.1. The van der Waals surface area contributed by atoms with Crippen molar-refractivity contribution in [2.45, 2.75) is 39.8 Å². The van der Waals surface area contributed by atoms with E-state index in [9.17, 15) is 0 Å². The largest absolute Gasteiger partial charge is 0.493 e. The van der Waals surface area contributed by atoms with Gasteiger partial charge in [-0.2, -0.15) is 0 Å². The van der Waals surface area contributed by atoms with Crippen LogP contribution in [0.2, 0.25) is 5.02 Å². The highest BCUT2D eigenvalue weighted by Gasteiger charge is 2.12. The maximum absolute atomic E-state index is 6.23. The van der Waals surface area contributed by atoms with Gasteiger partial charge in [-0.1, -0.05) is 48.0 Å². The van der Waals surface area contributed by atoms with Crippen molar-refractivity contribution in [1.82, 2.24) is 9.55 Å². The first-order chi connectivity index (χ1) is 15.1. The SMILES string of the molecule is Cc1cccc(OCCCCn2c(COc3ccccc3Cl)nc3ccccc32)c1C. The molecule has 4 nitrogen and oxygen atoms in total.